The summed E-state index contributed by atoms with van der Waals surface area (Å²) in [4.78, 5) is 12.3. The fourth-order valence-electron chi connectivity index (χ4n) is 2.09. The molecule has 0 spiro atoms. The molecule has 1 unspecified atom stereocenters. The molecule has 1 aromatic carbocycles. The zero-order valence-electron chi connectivity index (χ0n) is 11.1. The molecule has 0 amide bonds. The largest absolute Gasteiger partial charge is 0.478 e. The third kappa shape index (κ3) is 3.17. The van der Waals surface area contributed by atoms with Gasteiger partial charge in [0.05, 0.1) is 17.3 Å². The van der Waals surface area contributed by atoms with E-state index in [9.17, 15) is 9.18 Å². The van der Waals surface area contributed by atoms with Gasteiger partial charge < -0.3 is 10.4 Å². The second-order valence-corrected chi connectivity index (χ2v) is 5.45. The van der Waals surface area contributed by atoms with E-state index < -0.39 is 11.8 Å². The van der Waals surface area contributed by atoms with Gasteiger partial charge in [-0.15, -0.1) is 11.3 Å². The number of anilines is 1. The molecule has 106 valence electrons. The van der Waals surface area contributed by atoms with Crippen molar-refractivity contribution in [1.82, 2.24) is 0 Å². The van der Waals surface area contributed by atoms with Gasteiger partial charge in [-0.25, -0.2) is 9.18 Å². The Labute approximate surface area is 121 Å². The number of nitrogens with one attached hydrogen (secondary N) is 1. The molecule has 0 aliphatic carbocycles. The molecule has 0 fully saturated rings. The van der Waals surface area contributed by atoms with Gasteiger partial charge in [0.1, 0.15) is 5.82 Å². The molecule has 0 saturated carbocycles. The van der Waals surface area contributed by atoms with Crippen LogP contribution >= 0.6 is 11.3 Å². The van der Waals surface area contributed by atoms with Crippen molar-refractivity contribution in [2.75, 3.05) is 5.32 Å². The number of benzene rings is 1. The molecule has 1 aromatic heterocycles. The van der Waals surface area contributed by atoms with E-state index in [-0.39, 0.29) is 17.3 Å². The fraction of sp³-hybridized carbons (Fsp3) is 0.267. The molecular weight excluding hydrogens is 277 g/mol. The molecular formula is C15H16FNO2S. The van der Waals surface area contributed by atoms with Crippen LogP contribution < -0.4 is 5.32 Å². The second-order valence-electron chi connectivity index (χ2n) is 4.47. The first kappa shape index (κ1) is 14.5. The Hall–Kier alpha value is -1.88. The number of hydrogen-bond acceptors (Lipinski definition) is 3. The number of hydrogen-bond donors (Lipinski definition) is 2. The van der Waals surface area contributed by atoms with Gasteiger partial charge in [0.15, 0.2) is 0 Å². The highest BCUT2D eigenvalue weighted by molar-refractivity contribution is 7.10. The van der Waals surface area contributed by atoms with Crippen molar-refractivity contribution in [1.29, 1.82) is 0 Å². The second kappa shape index (κ2) is 6.52. The van der Waals surface area contributed by atoms with Crippen LogP contribution in [0.5, 0.6) is 0 Å². The van der Waals surface area contributed by atoms with Gasteiger partial charge in [0, 0.05) is 4.88 Å². The highest BCUT2D eigenvalue weighted by Gasteiger charge is 2.19. The quantitative estimate of drug-likeness (QED) is 0.822. The maximum absolute atomic E-state index is 13.9. The average molecular weight is 293 g/mol. The van der Waals surface area contributed by atoms with E-state index in [0.717, 1.165) is 17.7 Å². The summed E-state index contributed by atoms with van der Waals surface area (Å²) < 4.78 is 13.9. The van der Waals surface area contributed by atoms with Gasteiger partial charge >= 0.3 is 5.97 Å². The minimum atomic E-state index is -1.13. The van der Waals surface area contributed by atoms with Crippen molar-refractivity contribution in [3.05, 3.63) is 52.0 Å². The third-order valence-corrected chi connectivity index (χ3v) is 4.01. The van der Waals surface area contributed by atoms with Crippen LogP contribution in [0.1, 0.15) is 41.0 Å². The summed E-state index contributed by atoms with van der Waals surface area (Å²) in [6, 6.07) is 7.92. The summed E-state index contributed by atoms with van der Waals surface area (Å²) in [5.74, 6) is -1.67. The highest BCUT2D eigenvalue weighted by Crippen LogP contribution is 2.30. The molecule has 1 atom stereocenters. The van der Waals surface area contributed by atoms with Gasteiger partial charge in [-0.3, -0.25) is 0 Å². The van der Waals surface area contributed by atoms with Gasteiger partial charge in [0.2, 0.25) is 0 Å². The molecule has 0 radical (unpaired) electrons. The Bertz CT molecular complexity index is 584. The number of rotatable bonds is 6. The summed E-state index contributed by atoms with van der Waals surface area (Å²) in [6.45, 7) is 2.04. The minimum Gasteiger partial charge on any atom is -0.478 e. The first-order chi connectivity index (χ1) is 9.63. The van der Waals surface area contributed by atoms with E-state index in [2.05, 4.69) is 5.32 Å². The van der Waals surface area contributed by atoms with E-state index in [0.29, 0.717) is 0 Å². The Kier molecular flexibility index (Phi) is 4.74. The maximum atomic E-state index is 13.9. The summed E-state index contributed by atoms with van der Waals surface area (Å²) >= 11 is 1.58. The zero-order chi connectivity index (χ0) is 14.5. The van der Waals surface area contributed by atoms with Crippen molar-refractivity contribution in [2.24, 2.45) is 0 Å². The SMILES string of the molecule is CCCC(Nc1c(F)cccc1C(=O)O)c1cccs1. The maximum Gasteiger partial charge on any atom is 0.337 e. The summed E-state index contributed by atoms with van der Waals surface area (Å²) in [5.41, 5.74) is 0.0227. The van der Waals surface area contributed by atoms with Gasteiger partial charge in [-0.2, -0.15) is 0 Å². The first-order valence-corrected chi connectivity index (χ1v) is 7.33. The van der Waals surface area contributed by atoms with Crippen molar-refractivity contribution in [3.63, 3.8) is 0 Å². The standard InChI is InChI=1S/C15H16FNO2S/c1-2-5-12(13-8-4-9-20-13)17-14-10(15(18)19)6-3-7-11(14)16/h3-4,6-9,12,17H,2,5H2,1H3,(H,18,19). The van der Waals surface area contributed by atoms with Crippen molar-refractivity contribution in [2.45, 2.75) is 25.8 Å². The highest BCUT2D eigenvalue weighted by atomic mass is 32.1. The Balaban J connectivity index is 2.34. The summed E-state index contributed by atoms with van der Waals surface area (Å²) in [6.07, 6.45) is 1.74. The molecule has 0 saturated heterocycles. The monoisotopic (exact) mass is 293 g/mol. The summed E-state index contributed by atoms with van der Waals surface area (Å²) in [5, 5.41) is 14.2. The van der Waals surface area contributed by atoms with E-state index in [1.165, 1.54) is 18.2 Å². The molecule has 3 nitrogen and oxygen atoms in total. The molecule has 0 aliphatic rings. The normalized spacial score (nSPS) is 12.1. The van der Waals surface area contributed by atoms with Crippen LogP contribution in [0.25, 0.3) is 0 Å². The zero-order valence-corrected chi connectivity index (χ0v) is 11.9. The fourth-order valence-corrected chi connectivity index (χ4v) is 2.90. The minimum absolute atomic E-state index is 0.0392. The number of aromatic carboxylic acids is 1. The lowest BCUT2D eigenvalue weighted by atomic mass is 10.1. The van der Waals surface area contributed by atoms with Gasteiger partial charge in [-0.05, 0) is 30.0 Å². The van der Waals surface area contributed by atoms with Crippen LogP contribution in [0, 0.1) is 5.82 Å². The van der Waals surface area contributed by atoms with E-state index in [4.69, 9.17) is 5.11 Å². The number of carbonyl (C=O) groups is 1. The topological polar surface area (TPSA) is 49.3 Å². The molecule has 20 heavy (non-hydrogen) atoms. The lowest BCUT2D eigenvalue weighted by Crippen LogP contribution is -2.14. The molecule has 2 N–H and O–H groups in total. The van der Waals surface area contributed by atoms with Crippen molar-refractivity contribution in [3.8, 4) is 0 Å². The van der Waals surface area contributed by atoms with E-state index >= 15 is 0 Å². The van der Waals surface area contributed by atoms with Crippen LogP contribution in [0.15, 0.2) is 35.7 Å². The number of thiophene rings is 1. The van der Waals surface area contributed by atoms with Crippen LogP contribution in [0.3, 0.4) is 0 Å². The molecule has 2 aromatic rings. The van der Waals surface area contributed by atoms with E-state index in [1.807, 2.05) is 24.4 Å². The van der Waals surface area contributed by atoms with Crippen LogP contribution in [-0.4, -0.2) is 11.1 Å². The van der Waals surface area contributed by atoms with Crippen molar-refractivity contribution < 1.29 is 14.3 Å². The molecule has 5 heteroatoms. The molecule has 2 rings (SSSR count). The molecule has 0 aliphatic heterocycles. The average Bonchev–Trinajstić information content (AvgIpc) is 2.93. The Morgan fingerprint density at radius 3 is 2.80 bits per heavy atom. The van der Waals surface area contributed by atoms with Gasteiger partial charge in [0.25, 0.3) is 0 Å². The van der Waals surface area contributed by atoms with E-state index in [1.54, 1.807) is 11.3 Å². The lowest BCUT2D eigenvalue weighted by Gasteiger charge is -2.20. The van der Waals surface area contributed by atoms with Crippen LogP contribution in [-0.2, 0) is 0 Å². The van der Waals surface area contributed by atoms with Gasteiger partial charge in [-0.1, -0.05) is 25.5 Å². The molecule has 0 bridgehead atoms. The van der Waals surface area contributed by atoms with Crippen LogP contribution in [0.2, 0.25) is 0 Å². The number of carboxylic acid groups (broad SMARTS) is 1. The van der Waals surface area contributed by atoms with Crippen molar-refractivity contribution >= 4 is 23.0 Å². The molecule has 1 heterocycles. The first-order valence-electron chi connectivity index (χ1n) is 6.45. The Morgan fingerprint density at radius 2 is 2.20 bits per heavy atom. The predicted molar refractivity (Wildman–Crippen MR) is 79.0 cm³/mol. The summed E-state index contributed by atoms with van der Waals surface area (Å²) in [7, 11) is 0. The lowest BCUT2D eigenvalue weighted by molar-refractivity contribution is 0.0697. The third-order valence-electron chi connectivity index (χ3n) is 3.03. The van der Waals surface area contributed by atoms with Crippen LogP contribution in [0.4, 0.5) is 10.1 Å². The Morgan fingerprint density at radius 1 is 1.40 bits per heavy atom. The smallest absolute Gasteiger partial charge is 0.337 e. The number of para-hydroxylation sites is 1. The predicted octanol–water partition coefficient (Wildman–Crippen LogP) is 4.54. The number of halogens is 1. The number of carboxylic acids is 1.